The standard InChI is InChI=1S/C15H23FN2O2S/c1-18(2)9-4-3-8-17-14-7-10-21(19,20)15-6-5-12(16)11-13(14)15/h5-6,11,14,17H,3-4,7-10H2,1-2H3. The molecule has 0 saturated heterocycles. The molecule has 0 radical (unpaired) electrons. The van der Waals surface area contributed by atoms with Crippen LogP contribution in [0.1, 0.15) is 30.9 Å². The van der Waals surface area contributed by atoms with Gasteiger partial charge in [-0.3, -0.25) is 0 Å². The molecule has 1 aliphatic rings. The van der Waals surface area contributed by atoms with E-state index in [1.54, 1.807) is 0 Å². The number of hydrogen-bond donors (Lipinski definition) is 1. The van der Waals surface area contributed by atoms with Gasteiger partial charge in [-0.2, -0.15) is 0 Å². The second-order valence-electron chi connectivity index (χ2n) is 5.81. The minimum absolute atomic E-state index is 0.0708. The number of benzene rings is 1. The first-order chi connectivity index (χ1) is 9.90. The van der Waals surface area contributed by atoms with Crippen LogP contribution in [0, 0.1) is 5.82 Å². The van der Waals surface area contributed by atoms with Crippen molar-refractivity contribution in [2.75, 3.05) is 32.9 Å². The van der Waals surface area contributed by atoms with Crippen LogP contribution in [0.15, 0.2) is 23.1 Å². The molecule has 1 atom stereocenters. The predicted molar refractivity (Wildman–Crippen MR) is 81.6 cm³/mol. The number of sulfone groups is 1. The summed E-state index contributed by atoms with van der Waals surface area (Å²) < 4.78 is 37.5. The Kier molecular flexibility index (Phi) is 5.35. The maximum Gasteiger partial charge on any atom is 0.178 e. The van der Waals surface area contributed by atoms with Gasteiger partial charge < -0.3 is 10.2 Å². The highest BCUT2D eigenvalue weighted by atomic mass is 32.2. The quantitative estimate of drug-likeness (QED) is 0.644. The van der Waals surface area contributed by atoms with Gasteiger partial charge in [-0.05, 0) is 70.2 Å². The fourth-order valence-electron chi connectivity index (χ4n) is 2.65. The first-order valence-electron chi connectivity index (χ1n) is 7.30. The summed E-state index contributed by atoms with van der Waals surface area (Å²) in [5.41, 5.74) is 0.578. The van der Waals surface area contributed by atoms with E-state index in [1.165, 1.54) is 18.2 Å². The van der Waals surface area contributed by atoms with Gasteiger partial charge >= 0.3 is 0 Å². The average Bonchev–Trinajstić information content (AvgIpc) is 2.40. The molecular weight excluding hydrogens is 291 g/mol. The van der Waals surface area contributed by atoms with E-state index in [-0.39, 0.29) is 22.5 Å². The lowest BCUT2D eigenvalue weighted by Gasteiger charge is -2.26. The van der Waals surface area contributed by atoms with Crippen LogP contribution in [0.4, 0.5) is 4.39 Å². The number of nitrogens with one attached hydrogen (secondary N) is 1. The maximum absolute atomic E-state index is 13.4. The summed E-state index contributed by atoms with van der Waals surface area (Å²) in [7, 11) is 0.829. The van der Waals surface area contributed by atoms with Gasteiger partial charge in [0.05, 0.1) is 10.6 Å². The third kappa shape index (κ3) is 4.25. The highest BCUT2D eigenvalue weighted by Crippen LogP contribution is 2.32. The van der Waals surface area contributed by atoms with Crippen molar-refractivity contribution in [2.24, 2.45) is 0 Å². The van der Waals surface area contributed by atoms with Crippen LogP contribution >= 0.6 is 0 Å². The average molecular weight is 314 g/mol. The molecule has 118 valence electrons. The summed E-state index contributed by atoms with van der Waals surface area (Å²) in [6.45, 7) is 1.85. The van der Waals surface area contributed by atoms with Crippen LogP contribution < -0.4 is 5.32 Å². The maximum atomic E-state index is 13.4. The summed E-state index contributed by atoms with van der Waals surface area (Å²) in [5, 5.41) is 3.37. The molecule has 1 aromatic carbocycles. The second kappa shape index (κ2) is 6.85. The molecule has 1 aliphatic heterocycles. The van der Waals surface area contributed by atoms with Gasteiger partial charge in [-0.1, -0.05) is 0 Å². The summed E-state index contributed by atoms with van der Waals surface area (Å²) in [6.07, 6.45) is 2.61. The zero-order valence-electron chi connectivity index (χ0n) is 12.6. The summed E-state index contributed by atoms with van der Waals surface area (Å²) in [4.78, 5) is 2.42. The van der Waals surface area contributed by atoms with Crippen molar-refractivity contribution in [2.45, 2.75) is 30.2 Å². The Bertz CT molecular complexity index is 587. The molecule has 1 heterocycles. The van der Waals surface area contributed by atoms with E-state index < -0.39 is 9.84 Å². The smallest absolute Gasteiger partial charge is 0.178 e. The number of fused-ring (bicyclic) bond motifs is 1. The number of nitrogens with zero attached hydrogens (tertiary/aromatic N) is 1. The Balaban J connectivity index is 2.01. The normalized spacial score (nSPS) is 20.5. The molecule has 0 aromatic heterocycles. The lowest BCUT2D eigenvalue weighted by atomic mass is 10.0. The van der Waals surface area contributed by atoms with Crippen molar-refractivity contribution in [3.05, 3.63) is 29.6 Å². The number of hydrogen-bond acceptors (Lipinski definition) is 4. The van der Waals surface area contributed by atoms with E-state index in [9.17, 15) is 12.8 Å². The molecule has 0 fully saturated rings. The molecule has 0 aliphatic carbocycles. The molecule has 1 N–H and O–H groups in total. The predicted octanol–water partition coefficient (Wildman–Crippen LogP) is 1.98. The molecule has 0 bridgehead atoms. The first-order valence-corrected chi connectivity index (χ1v) is 8.96. The molecule has 1 unspecified atom stereocenters. The molecule has 6 heteroatoms. The molecule has 0 amide bonds. The molecule has 0 saturated carbocycles. The Hall–Kier alpha value is -0.980. The van der Waals surface area contributed by atoms with Crippen LogP contribution in [-0.2, 0) is 9.84 Å². The van der Waals surface area contributed by atoms with Gasteiger partial charge in [0.2, 0.25) is 0 Å². The Morgan fingerprint density at radius 3 is 2.81 bits per heavy atom. The van der Waals surface area contributed by atoms with Crippen LogP contribution in [0.3, 0.4) is 0 Å². The fraction of sp³-hybridized carbons (Fsp3) is 0.600. The lowest BCUT2D eigenvalue weighted by molar-refractivity contribution is 0.386. The van der Waals surface area contributed by atoms with E-state index in [1.807, 2.05) is 14.1 Å². The van der Waals surface area contributed by atoms with Crippen molar-refractivity contribution in [1.82, 2.24) is 10.2 Å². The van der Waals surface area contributed by atoms with Crippen LogP contribution in [-0.4, -0.2) is 46.3 Å². The van der Waals surface area contributed by atoms with Crippen molar-refractivity contribution in [1.29, 1.82) is 0 Å². The molecule has 1 aromatic rings. The zero-order chi connectivity index (χ0) is 15.5. The van der Waals surface area contributed by atoms with E-state index >= 15 is 0 Å². The first kappa shape index (κ1) is 16.4. The van der Waals surface area contributed by atoms with Crippen LogP contribution in [0.2, 0.25) is 0 Å². The van der Waals surface area contributed by atoms with Crippen molar-refractivity contribution >= 4 is 9.84 Å². The molecule has 0 spiro atoms. The van der Waals surface area contributed by atoms with Crippen molar-refractivity contribution in [3.63, 3.8) is 0 Å². The van der Waals surface area contributed by atoms with Gasteiger partial charge in [0.15, 0.2) is 9.84 Å². The Morgan fingerprint density at radius 1 is 1.33 bits per heavy atom. The second-order valence-corrected chi connectivity index (χ2v) is 7.88. The SMILES string of the molecule is CN(C)CCCCNC1CCS(=O)(=O)c2ccc(F)cc21. The Labute approximate surface area is 126 Å². The molecule has 2 rings (SSSR count). The highest BCUT2D eigenvalue weighted by molar-refractivity contribution is 7.91. The van der Waals surface area contributed by atoms with Gasteiger partial charge in [-0.25, -0.2) is 12.8 Å². The monoisotopic (exact) mass is 314 g/mol. The minimum atomic E-state index is -3.25. The van der Waals surface area contributed by atoms with Gasteiger partial charge in [-0.15, -0.1) is 0 Å². The lowest BCUT2D eigenvalue weighted by Crippen LogP contribution is -2.30. The van der Waals surface area contributed by atoms with Gasteiger partial charge in [0.25, 0.3) is 0 Å². The third-order valence-corrected chi connectivity index (χ3v) is 5.60. The van der Waals surface area contributed by atoms with E-state index in [2.05, 4.69) is 10.2 Å². The van der Waals surface area contributed by atoms with Gasteiger partial charge in [0, 0.05) is 6.04 Å². The number of rotatable bonds is 6. The van der Waals surface area contributed by atoms with Crippen LogP contribution in [0.5, 0.6) is 0 Å². The minimum Gasteiger partial charge on any atom is -0.310 e. The summed E-state index contributed by atoms with van der Waals surface area (Å²) in [5.74, 6) is -0.258. The van der Waals surface area contributed by atoms with E-state index in [0.29, 0.717) is 12.0 Å². The van der Waals surface area contributed by atoms with Gasteiger partial charge in [0.1, 0.15) is 5.82 Å². The van der Waals surface area contributed by atoms with Crippen LogP contribution in [0.25, 0.3) is 0 Å². The molecular formula is C15H23FN2O2S. The summed E-state index contributed by atoms with van der Waals surface area (Å²) in [6, 6.07) is 3.89. The van der Waals surface area contributed by atoms with Crippen molar-refractivity contribution < 1.29 is 12.8 Å². The highest BCUT2D eigenvalue weighted by Gasteiger charge is 2.30. The topological polar surface area (TPSA) is 49.4 Å². The summed E-state index contributed by atoms with van der Waals surface area (Å²) >= 11 is 0. The molecule has 21 heavy (non-hydrogen) atoms. The number of unbranched alkanes of at least 4 members (excludes halogenated alkanes) is 1. The van der Waals surface area contributed by atoms with E-state index in [0.717, 1.165) is 25.9 Å². The fourth-order valence-corrected chi connectivity index (χ4v) is 4.26. The van der Waals surface area contributed by atoms with Crippen molar-refractivity contribution in [3.8, 4) is 0 Å². The largest absolute Gasteiger partial charge is 0.310 e. The third-order valence-electron chi connectivity index (χ3n) is 3.78. The zero-order valence-corrected chi connectivity index (χ0v) is 13.4. The molecule has 4 nitrogen and oxygen atoms in total. The Morgan fingerprint density at radius 2 is 2.10 bits per heavy atom. The van der Waals surface area contributed by atoms with E-state index in [4.69, 9.17) is 0 Å². The number of halogens is 1.